The molecule has 4 nitrogen and oxygen atoms in total. The largest absolute Gasteiger partial charge is 0.468 e. The highest BCUT2D eigenvalue weighted by atomic mass is 32.2. The van der Waals surface area contributed by atoms with Gasteiger partial charge in [-0.05, 0) is 29.7 Å². The average molecular weight is 373 g/mol. The fourth-order valence-corrected chi connectivity index (χ4v) is 5.06. The van der Waals surface area contributed by atoms with Gasteiger partial charge in [-0.3, -0.25) is 9.69 Å². The maximum Gasteiger partial charge on any atom is 0.261 e. The van der Waals surface area contributed by atoms with E-state index in [0.29, 0.717) is 6.54 Å². The molecular formula is C19H20N2O2S2. The van der Waals surface area contributed by atoms with Crippen LogP contribution in [0.5, 0.6) is 0 Å². The van der Waals surface area contributed by atoms with E-state index in [4.69, 9.17) is 4.42 Å². The van der Waals surface area contributed by atoms with Crippen LogP contribution in [0.3, 0.4) is 0 Å². The normalized spacial score (nSPS) is 16.8. The van der Waals surface area contributed by atoms with Gasteiger partial charge in [0, 0.05) is 35.8 Å². The molecule has 4 rings (SSSR count). The van der Waals surface area contributed by atoms with E-state index < -0.39 is 0 Å². The number of benzene rings is 1. The van der Waals surface area contributed by atoms with Crippen LogP contribution in [0, 0.1) is 0 Å². The molecule has 0 aliphatic carbocycles. The Hall–Kier alpha value is -1.76. The molecule has 0 bridgehead atoms. The van der Waals surface area contributed by atoms with E-state index in [1.54, 1.807) is 6.26 Å². The number of hydrogen-bond acceptors (Lipinski definition) is 5. The van der Waals surface area contributed by atoms with Crippen molar-refractivity contribution in [3.05, 3.63) is 59.4 Å². The summed E-state index contributed by atoms with van der Waals surface area (Å²) >= 11 is 3.52. The Morgan fingerprint density at radius 3 is 2.80 bits per heavy atom. The molecule has 25 heavy (non-hydrogen) atoms. The van der Waals surface area contributed by atoms with Crippen LogP contribution >= 0.6 is 23.1 Å². The first-order valence-electron chi connectivity index (χ1n) is 8.43. The highest BCUT2D eigenvalue weighted by Crippen LogP contribution is 2.26. The summed E-state index contributed by atoms with van der Waals surface area (Å²) in [6.07, 6.45) is 1.70. The second-order valence-electron chi connectivity index (χ2n) is 6.04. The van der Waals surface area contributed by atoms with Gasteiger partial charge in [-0.15, -0.1) is 11.3 Å². The minimum atomic E-state index is -0.0101. The van der Waals surface area contributed by atoms with Crippen LogP contribution in [0.15, 0.2) is 53.1 Å². The lowest BCUT2D eigenvalue weighted by molar-refractivity contribution is 0.0934. The third kappa shape index (κ3) is 3.76. The van der Waals surface area contributed by atoms with E-state index in [2.05, 4.69) is 10.2 Å². The first-order valence-corrected chi connectivity index (χ1v) is 10.4. The molecule has 1 amide bonds. The molecule has 6 heteroatoms. The van der Waals surface area contributed by atoms with Crippen molar-refractivity contribution in [3.8, 4) is 0 Å². The number of hydrogen-bond donors (Lipinski definition) is 1. The second kappa shape index (κ2) is 7.64. The Kier molecular flexibility index (Phi) is 5.10. The number of carbonyl (C=O) groups excluding carboxylic acids is 1. The van der Waals surface area contributed by atoms with Gasteiger partial charge < -0.3 is 9.73 Å². The van der Waals surface area contributed by atoms with Gasteiger partial charge in [0.15, 0.2) is 0 Å². The summed E-state index contributed by atoms with van der Waals surface area (Å²) in [4.78, 5) is 15.8. The number of furan rings is 1. The molecule has 0 radical (unpaired) electrons. The molecule has 1 fully saturated rings. The highest BCUT2D eigenvalue weighted by molar-refractivity contribution is 7.99. The molecule has 1 N–H and O–H groups in total. The molecule has 3 heterocycles. The number of thiophene rings is 1. The molecule has 1 saturated heterocycles. The van der Waals surface area contributed by atoms with Crippen molar-refractivity contribution >= 4 is 39.1 Å². The topological polar surface area (TPSA) is 45.5 Å². The number of rotatable bonds is 5. The molecule has 2 aromatic heterocycles. The van der Waals surface area contributed by atoms with Crippen molar-refractivity contribution < 1.29 is 9.21 Å². The molecule has 1 aromatic carbocycles. The summed E-state index contributed by atoms with van der Waals surface area (Å²) in [5, 5.41) is 4.23. The Bertz CT molecular complexity index is 805. The average Bonchev–Trinajstić information content (AvgIpc) is 3.32. The van der Waals surface area contributed by atoms with Crippen molar-refractivity contribution in [2.75, 3.05) is 31.1 Å². The third-order valence-corrected chi connectivity index (χ3v) is 6.52. The Morgan fingerprint density at radius 1 is 1.20 bits per heavy atom. The van der Waals surface area contributed by atoms with Gasteiger partial charge in [-0.25, -0.2) is 0 Å². The van der Waals surface area contributed by atoms with Crippen molar-refractivity contribution in [1.29, 1.82) is 0 Å². The van der Waals surface area contributed by atoms with Crippen molar-refractivity contribution in [2.45, 2.75) is 6.04 Å². The number of fused-ring (bicyclic) bond motifs is 1. The van der Waals surface area contributed by atoms with Crippen LogP contribution in [0.2, 0.25) is 0 Å². The number of thioether (sulfide) groups is 1. The van der Waals surface area contributed by atoms with Gasteiger partial charge in [0.2, 0.25) is 0 Å². The minimum Gasteiger partial charge on any atom is -0.468 e. The summed E-state index contributed by atoms with van der Waals surface area (Å²) in [5.41, 5.74) is 0. The highest BCUT2D eigenvalue weighted by Gasteiger charge is 2.25. The van der Waals surface area contributed by atoms with E-state index in [-0.39, 0.29) is 11.9 Å². The molecule has 130 valence electrons. The molecule has 0 saturated carbocycles. The van der Waals surface area contributed by atoms with Gasteiger partial charge in [0.25, 0.3) is 5.91 Å². The predicted octanol–water partition coefficient (Wildman–Crippen LogP) is 4.01. The van der Waals surface area contributed by atoms with E-state index in [1.165, 1.54) is 11.3 Å². The second-order valence-corrected chi connectivity index (χ2v) is 8.35. The number of nitrogens with one attached hydrogen (secondary N) is 1. The zero-order chi connectivity index (χ0) is 17.1. The van der Waals surface area contributed by atoms with Gasteiger partial charge in [-0.1, -0.05) is 18.2 Å². The number of nitrogens with zero attached hydrogens (tertiary/aromatic N) is 1. The third-order valence-electron chi connectivity index (χ3n) is 4.46. The molecule has 0 spiro atoms. The lowest BCUT2D eigenvalue weighted by atomic mass is 10.1. The zero-order valence-electron chi connectivity index (χ0n) is 13.8. The van der Waals surface area contributed by atoms with E-state index in [1.807, 2.05) is 54.2 Å². The van der Waals surface area contributed by atoms with Gasteiger partial charge in [-0.2, -0.15) is 11.8 Å². The lowest BCUT2D eigenvalue weighted by Crippen LogP contribution is -2.41. The fourth-order valence-electron chi connectivity index (χ4n) is 3.15. The van der Waals surface area contributed by atoms with E-state index in [9.17, 15) is 4.79 Å². The van der Waals surface area contributed by atoms with Gasteiger partial charge >= 0.3 is 0 Å². The molecule has 3 aromatic rings. The van der Waals surface area contributed by atoms with Crippen LogP contribution in [0.4, 0.5) is 0 Å². The molecule has 1 atom stereocenters. The monoisotopic (exact) mass is 372 g/mol. The Labute approximate surface area is 155 Å². The van der Waals surface area contributed by atoms with E-state index >= 15 is 0 Å². The summed E-state index contributed by atoms with van der Waals surface area (Å²) in [6, 6.07) is 14.1. The summed E-state index contributed by atoms with van der Waals surface area (Å²) in [6.45, 7) is 2.61. The van der Waals surface area contributed by atoms with Crippen molar-refractivity contribution in [2.24, 2.45) is 0 Å². The van der Waals surface area contributed by atoms with Gasteiger partial charge in [0.05, 0.1) is 17.2 Å². The lowest BCUT2D eigenvalue weighted by Gasteiger charge is -2.33. The quantitative estimate of drug-likeness (QED) is 0.735. The van der Waals surface area contributed by atoms with Crippen molar-refractivity contribution in [1.82, 2.24) is 10.2 Å². The van der Waals surface area contributed by atoms with Gasteiger partial charge in [0.1, 0.15) is 5.76 Å². The SMILES string of the molecule is O=C(NC[C@H](c1ccco1)N1CCSCC1)c1cc2ccccc2s1. The first kappa shape index (κ1) is 16.7. The fraction of sp³-hybridized carbons (Fsp3) is 0.316. The Morgan fingerprint density at radius 2 is 2.04 bits per heavy atom. The van der Waals surface area contributed by atoms with E-state index in [0.717, 1.165) is 45.3 Å². The summed E-state index contributed by atoms with van der Waals surface area (Å²) < 4.78 is 6.78. The smallest absolute Gasteiger partial charge is 0.261 e. The van der Waals surface area contributed by atoms with Crippen LogP contribution < -0.4 is 5.32 Å². The van der Waals surface area contributed by atoms with Crippen LogP contribution in [0.1, 0.15) is 21.5 Å². The summed E-state index contributed by atoms with van der Waals surface area (Å²) in [5.74, 6) is 3.16. The number of carbonyl (C=O) groups is 1. The van der Waals surface area contributed by atoms with Crippen LogP contribution in [-0.4, -0.2) is 41.9 Å². The maximum absolute atomic E-state index is 12.6. The maximum atomic E-state index is 12.6. The van der Waals surface area contributed by atoms with Crippen LogP contribution in [-0.2, 0) is 0 Å². The minimum absolute atomic E-state index is 0.0101. The molecule has 0 unspecified atom stereocenters. The Balaban J connectivity index is 1.47. The zero-order valence-corrected chi connectivity index (χ0v) is 15.4. The number of amides is 1. The van der Waals surface area contributed by atoms with Crippen molar-refractivity contribution in [3.63, 3.8) is 0 Å². The summed E-state index contributed by atoms with van der Waals surface area (Å²) in [7, 11) is 0. The molecule has 1 aliphatic rings. The molecule has 1 aliphatic heterocycles. The predicted molar refractivity (Wildman–Crippen MR) is 105 cm³/mol. The first-order chi connectivity index (χ1) is 12.3. The molecular weight excluding hydrogens is 352 g/mol. The van der Waals surface area contributed by atoms with Crippen LogP contribution in [0.25, 0.3) is 10.1 Å². The standard InChI is InChI=1S/C19H20N2O2S2/c22-19(18-12-14-4-1-2-6-17(14)25-18)20-13-15(16-5-3-9-23-16)21-7-10-24-11-8-21/h1-6,9,12,15H,7-8,10-11,13H2,(H,20,22)/t15-/m1/s1.